The molecule has 0 atom stereocenters. The zero-order chi connectivity index (χ0) is 5.11. The van der Waals surface area contributed by atoms with Gasteiger partial charge in [0.25, 0.3) is 0 Å². The minimum absolute atomic E-state index is 0.319. The zero-order valence-corrected chi connectivity index (χ0v) is 3.63. The van der Waals surface area contributed by atoms with Crippen LogP contribution in [0.2, 0.25) is 0 Å². The van der Waals surface area contributed by atoms with Crippen molar-refractivity contribution in [3.8, 4) is 0 Å². The van der Waals surface area contributed by atoms with Gasteiger partial charge in [0.1, 0.15) is 6.61 Å². The summed E-state index contributed by atoms with van der Waals surface area (Å²) in [5.74, 6) is 0.389. The van der Waals surface area contributed by atoms with E-state index >= 15 is 0 Å². The van der Waals surface area contributed by atoms with Crippen molar-refractivity contribution in [2.24, 2.45) is 0 Å². The molecule has 1 aromatic rings. The van der Waals surface area contributed by atoms with Gasteiger partial charge in [-0.05, 0) is 0 Å². The van der Waals surface area contributed by atoms with Crippen LogP contribution in [0.25, 0.3) is 0 Å². The summed E-state index contributed by atoms with van der Waals surface area (Å²) in [5, 5.41) is 9.86. The lowest BCUT2D eigenvalue weighted by molar-refractivity contribution is 0.155. The molecular weight excluding hydrogens is 94.0 g/mol. The maximum Gasteiger partial charge on any atom is 0.180 e. The van der Waals surface area contributed by atoms with E-state index < -0.39 is 0 Å². The van der Waals surface area contributed by atoms with Crippen LogP contribution >= 0.6 is 0 Å². The highest BCUT2D eigenvalue weighted by atomic mass is 16.4. The van der Waals surface area contributed by atoms with Gasteiger partial charge < -0.3 is 4.42 Å². The quantitative estimate of drug-likeness (QED) is 0.516. The van der Waals surface area contributed by atoms with Crippen molar-refractivity contribution in [2.75, 3.05) is 0 Å². The number of oxazole rings is 1. The van der Waals surface area contributed by atoms with Crippen LogP contribution < -0.4 is 0 Å². The van der Waals surface area contributed by atoms with Crippen LogP contribution in [0.5, 0.6) is 0 Å². The van der Waals surface area contributed by atoms with Crippen LogP contribution in [0.4, 0.5) is 0 Å². The van der Waals surface area contributed by atoms with Gasteiger partial charge in [-0.25, -0.2) is 10.1 Å². The second-order valence-electron chi connectivity index (χ2n) is 1.11. The largest absolute Gasteiger partial charge is 0.446 e. The Morgan fingerprint density at radius 2 is 2.71 bits per heavy atom. The molecular formula is C4H4NO2. The first-order valence-corrected chi connectivity index (χ1v) is 1.89. The molecule has 0 fully saturated rings. The van der Waals surface area contributed by atoms with Crippen LogP contribution in [0.3, 0.4) is 0 Å². The Kier molecular flexibility index (Phi) is 1.08. The lowest BCUT2D eigenvalue weighted by Gasteiger charge is -1.74. The van der Waals surface area contributed by atoms with Gasteiger partial charge in [-0.2, -0.15) is 0 Å². The van der Waals surface area contributed by atoms with Crippen LogP contribution in [-0.4, -0.2) is 4.98 Å². The third kappa shape index (κ3) is 0.778. The summed E-state index contributed by atoms with van der Waals surface area (Å²) in [5.41, 5.74) is 0. The lowest BCUT2D eigenvalue weighted by Crippen LogP contribution is -1.70. The minimum atomic E-state index is -0.319. The van der Waals surface area contributed by atoms with E-state index in [9.17, 15) is 5.11 Å². The maximum atomic E-state index is 9.86. The van der Waals surface area contributed by atoms with Gasteiger partial charge in [-0.15, -0.1) is 0 Å². The van der Waals surface area contributed by atoms with Gasteiger partial charge in [0, 0.05) is 0 Å². The summed E-state index contributed by atoms with van der Waals surface area (Å²) in [6.45, 7) is -0.319. The highest BCUT2D eigenvalue weighted by Crippen LogP contribution is 1.93. The SMILES string of the molecule is [O]Cc1cnco1. The molecule has 0 aliphatic heterocycles. The molecule has 1 heterocycles. The third-order valence-corrected chi connectivity index (χ3v) is 0.626. The molecule has 0 unspecified atom stereocenters. The van der Waals surface area contributed by atoms with Crippen molar-refractivity contribution in [1.29, 1.82) is 0 Å². The van der Waals surface area contributed by atoms with Crippen molar-refractivity contribution >= 4 is 0 Å². The molecule has 0 spiro atoms. The summed E-state index contributed by atoms with van der Waals surface area (Å²) in [4.78, 5) is 3.53. The average molecular weight is 98.1 g/mol. The minimum Gasteiger partial charge on any atom is -0.446 e. The predicted octanol–water partition coefficient (Wildman–Crippen LogP) is 0.605. The van der Waals surface area contributed by atoms with Gasteiger partial charge in [-0.3, -0.25) is 0 Å². The molecule has 0 amide bonds. The van der Waals surface area contributed by atoms with Crippen molar-refractivity contribution in [3.63, 3.8) is 0 Å². The van der Waals surface area contributed by atoms with Crippen molar-refractivity contribution in [2.45, 2.75) is 6.61 Å². The van der Waals surface area contributed by atoms with E-state index in [1.54, 1.807) is 0 Å². The smallest absolute Gasteiger partial charge is 0.180 e. The van der Waals surface area contributed by atoms with E-state index in [2.05, 4.69) is 9.40 Å². The standard InChI is InChI=1S/C4H4NO2/c6-2-4-1-5-3-7-4/h1,3H,2H2. The summed E-state index contributed by atoms with van der Waals surface area (Å²) in [6.07, 6.45) is 2.65. The van der Waals surface area contributed by atoms with E-state index in [0.717, 1.165) is 0 Å². The maximum absolute atomic E-state index is 9.86. The zero-order valence-electron chi connectivity index (χ0n) is 3.63. The fourth-order valence-corrected chi connectivity index (χ4v) is 0.313. The predicted molar refractivity (Wildman–Crippen MR) is 20.9 cm³/mol. The molecule has 0 aliphatic rings. The van der Waals surface area contributed by atoms with Gasteiger partial charge in [0.2, 0.25) is 0 Å². The average Bonchev–Trinajstić information content (AvgIpc) is 2.14. The molecule has 0 bridgehead atoms. The number of hydrogen-bond donors (Lipinski definition) is 0. The highest BCUT2D eigenvalue weighted by Gasteiger charge is 1.88. The van der Waals surface area contributed by atoms with Gasteiger partial charge in [0.05, 0.1) is 6.20 Å². The Bertz CT molecular complexity index is 124. The fourth-order valence-electron chi connectivity index (χ4n) is 0.313. The molecule has 0 saturated heterocycles. The Balaban J connectivity index is 2.76. The molecule has 0 aliphatic carbocycles. The molecule has 1 radical (unpaired) electrons. The first-order chi connectivity index (χ1) is 3.43. The Hall–Kier alpha value is -0.830. The third-order valence-electron chi connectivity index (χ3n) is 0.626. The molecule has 1 rings (SSSR count). The van der Waals surface area contributed by atoms with Gasteiger partial charge in [-0.1, -0.05) is 0 Å². The van der Waals surface area contributed by atoms with Gasteiger partial charge in [0.15, 0.2) is 12.2 Å². The monoisotopic (exact) mass is 98.0 g/mol. The van der Waals surface area contributed by atoms with E-state index in [1.807, 2.05) is 0 Å². The van der Waals surface area contributed by atoms with Gasteiger partial charge >= 0.3 is 0 Å². The normalized spacial score (nSPS) is 9.29. The summed E-state index contributed by atoms with van der Waals surface area (Å²) >= 11 is 0. The molecule has 3 heteroatoms. The number of hydrogen-bond acceptors (Lipinski definition) is 2. The molecule has 1 aromatic heterocycles. The van der Waals surface area contributed by atoms with Crippen LogP contribution in [-0.2, 0) is 11.7 Å². The second-order valence-corrected chi connectivity index (χ2v) is 1.11. The first-order valence-electron chi connectivity index (χ1n) is 1.89. The molecule has 0 aromatic carbocycles. The Morgan fingerprint density at radius 3 is 3.00 bits per heavy atom. The Labute approximate surface area is 40.6 Å². The fraction of sp³-hybridized carbons (Fsp3) is 0.250. The molecule has 0 N–H and O–H groups in total. The van der Waals surface area contributed by atoms with Crippen molar-refractivity contribution < 1.29 is 9.52 Å². The molecule has 3 nitrogen and oxygen atoms in total. The van der Waals surface area contributed by atoms with Crippen LogP contribution in [0.1, 0.15) is 5.76 Å². The van der Waals surface area contributed by atoms with Crippen molar-refractivity contribution in [1.82, 2.24) is 4.98 Å². The molecule has 37 valence electrons. The van der Waals surface area contributed by atoms with Crippen LogP contribution in [0, 0.1) is 0 Å². The van der Waals surface area contributed by atoms with E-state index in [4.69, 9.17) is 0 Å². The number of aromatic nitrogens is 1. The summed E-state index contributed by atoms with van der Waals surface area (Å²) in [7, 11) is 0. The van der Waals surface area contributed by atoms with E-state index in [-0.39, 0.29) is 6.61 Å². The van der Waals surface area contributed by atoms with Crippen molar-refractivity contribution in [3.05, 3.63) is 18.4 Å². The first kappa shape index (κ1) is 4.33. The second kappa shape index (κ2) is 1.75. The lowest BCUT2D eigenvalue weighted by atomic mass is 10.6. The topological polar surface area (TPSA) is 45.9 Å². The summed E-state index contributed by atoms with van der Waals surface area (Å²) in [6, 6.07) is 0. The van der Waals surface area contributed by atoms with E-state index in [1.165, 1.54) is 12.6 Å². The number of rotatable bonds is 1. The Morgan fingerprint density at radius 1 is 1.86 bits per heavy atom. The highest BCUT2D eigenvalue weighted by molar-refractivity contribution is 4.83. The molecule has 0 saturated carbocycles. The molecule has 7 heavy (non-hydrogen) atoms. The van der Waals surface area contributed by atoms with Crippen LogP contribution in [0.15, 0.2) is 17.0 Å². The van der Waals surface area contributed by atoms with E-state index in [0.29, 0.717) is 5.76 Å². The number of nitrogens with zero attached hydrogens (tertiary/aromatic N) is 1. The summed E-state index contributed by atoms with van der Waals surface area (Å²) < 4.78 is 4.56.